The van der Waals surface area contributed by atoms with E-state index in [1.165, 1.54) is 18.9 Å². The molecule has 1 amide bonds. The normalized spacial score (nSPS) is 20.9. The number of ether oxygens (including phenoxy) is 1. The molecule has 0 spiro atoms. The molecule has 2 rings (SSSR count). The highest BCUT2D eigenvalue weighted by molar-refractivity contribution is 8.00. The average molecular weight is 265 g/mol. The van der Waals surface area contributed by atoms with Crippen molar-refractivity contribution in [3.8, 4) is 0 Å². The standard InChI is InChI=1S/C13H15NO3S/c1-9(13(16)17-2)14-11(15)8-18-12(14)10-6-4-3-5-7-10/h3-7,9,12H,8H2,1-2H3/t9-,12?/m0/s1. The SMILES string of the molecule is COC(=O)[C@H](C)N1C(=O)CSC1c1ccccc1. The third kappa shape index (κ3) is 2.36. The first-order valence-corrected chi connectivity index (χ1v) is 6.75. The number of methoxy groups -OCH3 is 1. The van der Waals surface area contributed by atoms with Gasteiger partial charge in [0, 0.05) is 0 Å². The summed E-state index contributed by atoms with van der Waals surface area (Å²) in [7, 11) is 1.34. The van der Waals surface area contributed by atoms with Gasteiger partial charge in [-0.25, -0.2) is 4.79 Å². The fourth-order valence-electron chi connectivity index (χ4n) is 2.01. The first-order valence-electron chi connectivity index (χ1n) is 5.70. The number of esters is 1. The lowest BCUT2D eigenvalue weighted by atomic mass is 10.1. The van der Waals surface area contributed by atoms with E-state index in [1.54, 1.807) is 11.8 Å². The van der Waals surface area contributed by atoms with Gasteiger partial charge in [-0.15, -0.1) is 11.8 Å². The predicted octanol–water partition coefficient (Wildman–Crippen LogP) is 1.82. The van der Waals surface area contributed by atoms with Gasteiger partial charge in [-0.1, -0.05) is 30.3 Å². The molecule has 1 unspecified atom stereocenters. The zero-order valence-electron chi connectivity index (χ0n) is 10.3. The summed E-state index contributed by atoms with van der Waals surface area (Å²) < 4.78 is 4.71. The second kappa shape index (κ2) is 5.44. The van der Waals surface area contributed by atoms with Gasteiger partial charge in [-0.2, -0.15) is 0 Å². The number of hydrogen-bond donors (Lipinski definition) is 0. The summed E-state index contributed by atoms with van der Waals surface area (Å²) in [6.45, 7) is 1.70. The quantitative estimate of drug-likeness (QED) is 0.782. The van der Waals surface area contributed by atoms with Crippen molar-refractivity contribution >= 4 is 23.6 Å². The van der Waals surface area contributed by atoms with E-state index in [2.05, 4.69) is 0 Å². The molecule has 1 aliphatic rings. The Morgan fingerprint density at radius 1 is 1.44 bits per heavy atom. The monoisotopic (exact) mass is 265 g/mol. The summed E-state index contributed by atoms with van der Waals surface area (Å²) in [6.07, 6.45) is 0. The Kier molecular flexibility index (Phi) is 3.91. The molecule has 4 nitrogen and oxygen atoms in total. The third-order valence-electron chi connectivity index (χ3n) is 2.95. The van der Waals surface area contributed by atoms with Gasteiger partial charge in [0.15, 0.2) is 0 Å². The summed E-state index contributed by atoms with van der Waals surface area (Å²) in [6, 6.07) is 9.17. The number of rotatable bonds is 3. The maximum atomic E-state index is 11.9. The molecule has 1 aromatic carbocycles. The number of benzene rings is 1. The van der Waals surface area contributed by atoms with Crippen molar-refractivity contribution in [3.63, 3.8) is 0 Å². The van der Waals surface area contributed by atoms with Crippen LogP contribution in [0.3, 0.4) is 0 Å². The van der Waals surface area contributed by atoms with Crippen molar-refractivity contribution in [1.29, 1.82) is 0 Å². The topological polar surface area (TPSA) is 46.6 Å². The van der Waals surface area contributed by atoms with Crippen LogP contribution in [0.25, 0.3) is 0 Å². The molecule has 0 N–H and O–H groups in total. The van der Waals surface area contributed by atoms with Crippen LogP contribution in [0.5, 0.6) is 0 Å². The van der Waals surface area contributed by atoms with Gasteiger partial charge in [-0.05, 0) is 12.5 Å². The first-order chi connectivity index (χ1) is 8.65. The van der Waals surface area contributed by atoms with Gasteiger partial charge in [-0.3, -0.25) is 4.79 Å². The Labute approximate surface area is 110 Å². The molecule has 1 aliphatic heterocycles. The lowest BCUT2D eigenvalue weighted by Gasteiger charge is -2.28. The Morgan fingerprint density at radius 2 is 2.11 bits per heavy atom. The lowest BCUT2D eigenvalue weighted by molar-refractivity contribution is -0.151. The average Bonchev–Trinajstić information content (AvgIpc) is 2.80. The Balaban J connectivity index is 2.26. The molecule has 0 bridgehead atoms. The van der Waals surface area contributed by atoms with Crippen molar-refractivity contribution in [2.24, 2.45) is 0 Å². The van der Waals surface area contributed by atoms with Gasteiger partial charge < -0.3 is 9.64 Å². The number of carbonyl (C=O) groups excluding carboxylic acids is 2. The summed E-state index contributed by atoms with van der Waals surface area (Å²) in [4.78, 5) is 25.1. The van der Waals surface area contributed by atoms with Crippen molar-refractivity contribution in [2.45, 2.75) is 18.3 Å². The molecule has 1 saturated heterocycles. The smallest absolute Gasteiger partial charge is 0.328 e. The Morgan fingerprint density at radius 3 is 2.72 bits per heavy atom. The van der Waals surface area contributed by atoms with Crippen molar-refractivity contribution in [3.05, 3.63) is 35.9 Å². The molecular formula is C13H15NO3S. The van der Waals surface area contributed by atoms with Gasteiger partial charge in [0.1, 0.15) is 11.4 Å². The molecule has 0 saturated carbocycles. The van der Waals surface area contributed by atoms with Crippen LogP contribution in [0.1, 0.15) is 17.9 Å². The lowest BCUT2D eigenvalue weighted by Crippen LogP contribution is -2.42. The number of amides is 1. The van der Waals surface area contributed by atoms with E-state index in [1.807, 2.05) is 30.3 Å². The summed E-state index contributed by atoms with van der Waals surface area (Å²) >= 11 is 1.54. The summed E-state index contributed by atoms with van der Waals surface area (Å²) in [5.41, 5.74) is 1.03. The molecule has 0 aromatic heterocycles. The van der Waals surface area contributed by atoms with E-state index in [9.17, 15) is 9.59 Å². The van der Waals surface area contributed by atoms with Crippen molar-refractivity contribution < 1.29 is 14.3 Å². The molecular weight excluding hydrogens is 250 g/mol. The second-order valence-corrected chi connectivity index (χ2v) is 5.14. The zero-order chi connectivity index (χ0) is 13.1. The fraction of sp³-hybridized carbons (Fsp3) is 0.385. The van der Waals surface area contributed by atoms with Gasteiger partial charge in [0.05, 0.1) is 12.9 Å². The highest BCUT2D eigenvalue weighted by Crippen LogP contribution is 2.39. The molecule has 0 aliphatic carbocycles. The maximum Gasteiger partial charge on any atom is 0.328 e. The fourth-order valence-corrected chi connectivity index (χ4v) is 3.27. The zero-order valence-corrected chi connectivity index (χ0v) is 11.1. The summed E-state index contributed by atoms with van der Waals surface area (Å²) in [5.74, 6) is -0.000469. The molecule has 0 radical (unpaired) electrons. The van der Waals surface area contributed by atoms with Crippen molar-refractivity contribution in [1.82, 2.24) is 4.90 Å². The Bertz CT molecular complexity index is 449. The third-order valence-corrected chi connectivity index (χ3v) is 4.18. The molecule has 18 heavy (non-hydrogen) atoms. The second-order valence-electron chi connectivity index (χ2n) is 4.07. The van der Waals surface area contributed by atoms with E-state index < -0.39 is 6.04 Å². The molecule has 1 aromatic rings. The molecule has 1 fully saturated rings. The van der Waals surface area contributed by atoms with E-state index in [0.717, 1.165) is 5.56 Å². The van der Waals surface area contributed by atoms with Crippen LogP contribution < -0.4 is 0 Å². The largest absolute Gasteiger partial charge is 0.467 e. The predicted molar refractivity (Wildman–Crippen MR) is 70.0 cm³/mol. The number of carbonyl (C=O) groups is 2. The van der Waals surface area contributed by atoms with E-state index in [0.29, 0.717) is 5.75 Å². The minimum absolute atomic E-state index is 0.0215. The summed E-state index contributed by atoms with van der Waals surface area (Å²) in [5, 5.41) is -0.104. The first kappa shape index (κ1) is 13.0. The highest BCUT2D eigenvalue weighted by atomic mass is 32.2. The number of thioether (sulfide) groups is 1. The molecule has 96 valence electrons. The van der Waals surface area contributed by atoms with Crippen LogP contribution in [-0.2, 0) is 14.3 Å². The minimum atomic E-state index is -0.553. The van der Waals surface area contributed by atoms with Crippen LogP contribution in [0, 0.1) is 0 Å². The minimum Gasteiger partial charge on any atom is -0.467 e. The Hall–Kier alpha value is -1.49. The highest BCUT2D eigenvalue weighted by Gasteiger charge is 2.38. The van der Waals surface area contributed by atoms with Gasteiger partial charge >= 0.3 is 5.97 Å². The molecule has 1 heterocycles. The van der Waals surface area contributed by atoms with E-state index in [4.69, 9.17) is 4.74 Å². The maximum absolute atomic E-state index is 11.9. The molecule has 2 atom stereocenters. The van der Waals surface area contributed by atoms with Crippen LogP contribution >= 0.6 is 11.8 Å². The van der Waals surface area contributed by atoms with Crippen molar-refractivity contribution in [2.75, 3.05) is 12.9 Å². The van der Waals surface area contributed by atoms with Crippen LogP contribution in [0.15, 0.2) is 30.3 Å². The van der Waals surface area contributed by atoms with Crippen LogP contribution in [0.4, 0.5) is 0 Å². The van der Waals surface area contributed by atoms with E-state index in [-0.39, 0.29) is 17.3 Å². The van der Waals surface area contributed by atoms with E-state index >= 15 is 0 Å². The van der Waals surface area contributed by atoms with Crippen LogP contribution in [0.2, 0.25) is 0 Å². The molecule has 5 heteroatoms. The van der Waals surface area contributed by atoms with Gasteiger partial charge in [0.25, 0.3) is 0 Å². The van der Waals surface area contributed by atoms with Gasteiger partial charge in [0.2, 0.25) is 5.91 Å². The number of nitrogens with zero attached hydrogens (tertiary/aromatic N) is 1. The van der Waals surface area contributed by atoms with Crippen LogP contribution in [-0.4, -0.2) is 35.7 Å². The number of hydrogen-bond acceptors (Lipinski definition) is 4.